The molecule has 3 aromatic rings. The van der Waals surface area contributed by atoms with Crippen LogP contribution in [0, 0.1) is 5.41 Å². The maximum atomic E-state index is 12.5. The molecule has 1 atom stereocenters. The fraction of sp³-hybridized carbons (Fsp3) is 0.548. The second kappa shape index (κ2) is 10.8. The van der Waals surface area contributed by atoms with E-state index in [0.29, 0.717) is 42.7 Å². The lowest BCUT2D eigenvalue weighted by molar-refractivity contribution is -0.132. The number of rotatable bonds is 8. The van der Waals surface area contributed by atoms with Crippen molar-refractivity contribution in [3.63, 3.8) is 0 Å². The van der Waals surface area contributed by atoms with Gasteiger partial charge in [0.25, 0.3) is 0 Å². The molecule has 8 heteroatoms. The first-order chi connectivity index (χ1) is 18.6. The highest BCUT2D eigenvalue weighted by Crippen LogP contribution is 2.50. The largest absolute Gasteiger partial charge is 0.380 e. The van der Waals surface area contributed by atoms with Crippen LogP contribution < -0.4 is 0 Å². The molecule has 2 aliphatic rings. The SMILES string of the molecule is CCCC(=O)N1CCC(c2nc(-c3cncc([C@@](O)(c4ccc(C(C)C)cc4)C4(C)CN(C)C4)c3)no2)CC1. The van der Waals surface area contributed by atoms with Crippen molar-refractivity contribution >= 4 is 5.91 Å². The molecule has 2 saturated heterocycles. The molecular formula is C31H41N5O3. The summed E-state index contributed by atoms with van der Waals surface area (Å²) < 4.78 is 5.70. The van der Waals surface area contributed by atoms with Crippen LogP contribution in [0.5, 0.6) is 0 Å². The van der Waals surface area contributed by atoms with E-state index in [9.17, 15) is 9.90 Å². The van der Waals surface area contributed by atoms with Crippen LogP contribution in [0.15, 0.2) is 47.2 Å². The van der Waals surface area contributed by atoms with Crippen molar-refractivity contribution in [3.8, 4) is 11.4 Å². The lowest BCUT2D eigenvalue weighted by Gasteiger charge is -2.55. The Kier molecular flexibility index (Phi) is 7.62. The molecule has 8 nitrogen and oxygen atoms in total. The molecule has 2 aromatic heterocycles. The molecule has 2 fully saturated rings. The summed E-state index contributed by atoms with van der Waals surface area (Å²) in [4.78, 5) is 25.7. The van der Waals surface area contributed by atoms with Gasteiger partial charge in [0.05, 0.1) is 0 Å². The highest BCUT2D eigenvalue weighted by molar-refractivity contribution is 5.76. The molecule has 0 saturated carbocycles. The van der Waals surface area contributed by atoms with Gasteiger partial charge in [0.15, 0.2) is 0 Å². The van der Waals surface area contributed by atoms with Crippen molar-refractivity contribution < 1.29 is 14.4 Å². The Morgan fingerprint density at radius 2 is 1.85 bits per heavy atom. The maximum Gasteiger partial charge on any atom is 0.230 e. The predicted molar refractivity (Wildman–Crippen MR) is 150 cm³/mol. The minimum Gasteiger partial charge on any atom is -0.380 e. The van der Waals surface area contributed by atoms with Crippen molar-refractivity contribution in [1.82, 2.24) is 24.9 Å². The van der Waals surface area contributed by atoms with Crippen molar-refractivity contribution in [2.45, 2.75) is 70.8 Å². The van der Waals surface area contributed by atoms with E-state index in [-0.39, 0.29) is 17.2 Å². The quantitative estimate of drug-likeness (QED) is 0.439. The van der Waals surface area contributed by atoms with Crippen LogP contribution in [-0.4, -0.2) is 69.2 Å². The van der Waals surface area contributed by atoms with Gasteiger partial charge in [-0.25, -0.2) is 0 Å². The van der Waals surface area contributed by atoms with E-state index in [2.05, 4.69) is 67.1 Å². The molecule has 5 rings (SSSR count). The van der Waals surface area contributed by atoms with E-state index in [1.165, 1.54) is 5.56 Å². The molecule has 1 N–H and O–H groups in total. The zero-order valence-corrected chi connectivity index (χ0v) is 23.9. The Hall–Kier alpha value is -3.10. The van der Waals surface area contributed by atoms with E-state index >= 15 is 0 Å². The van der Waals surface area contributed by atoms with E-state index in [1.54, 1.807) is 12.4 Å². The van der Waals surface area contributed by atoms with Gasteiger partial charge in [0.1, 0.15) is 5.60 Å². The average molecular weight is 532 g/mol. The molecule has 0 unspecified atom stereocenters. The van der Waals surface area contributed by atoms with E-state index in [1.807, 2.05) is 17.9 Å². The molecule has 0 radical (unpaired) electrons. The number of pyridine rings is 1. The summed E-state index contributed by atoms with van der Waals surface area (Å²) in [5.74, 6) is 1.85. The van der Waals surface area contributed by atoms with Crippen LogP contribution in [0.25, 0.3) is 11.4 Å². The normalized spacial score (nSPS) is 19.6. The number of carbonyl (C=O) groups excluding carboxylic acids is 1. The number of hydrogen-bond donors (Lipinski definition) is 1. The summed E-state index contributed by atoms with van der Waals surface area (Å²) in [6.07, 6.45) is 6.57. The van der Waals surface area contributed by atoms with Gasteiger partial charge < -0.3 is 19.4 Å². The molecule has 208 valence electrons. The summed E-state index contributed by atoms with van der Waals surface area (Å²) in [5, 5.41) is 16.8. The van der Waals surface area contributed by atoms with Crippen LogP contribution in [0.4, 0.5) is 0 Å². The first kappa shape index (κ1) is 27.5. The molecule has 0 bridgehead atoms. The minimum absolute atomic E-state index is 0.133. The number of amides is 1. The van der Waals surface area contributed by atoms with Gasteiger partial charge in [0.2, 0.25) is 17.6 Å². The van der Waals surface area contributed by atoms with Crippen molar-refractivity contribution in [2.75, 3.05) is 33.2 Å². The fourth-order valence-electron chi connectivity index (χ4n) is 6.37. The number of carbonyl (C=O) groups is 1. The zero-order valence-electron chi connectivity index (χ0n) is 23.9. The molecule has 39 heavy (non-hydrogen) atoms. The predicted octanol–water partition coefficient (Wildman–Crippen LogP) is 4.95. The second-order valence-corrected chi connectivity index (χ2v) is 12.0. The second-order valence-electron chi connectivity index (χ2n) is 12.0. The van der Waals surface area contributed by atoms with Crippen LogP contribution >= 0.6 is 0 Å². The van der Waals surface area contributed by atoms with Gasteiger partial charge in [0, 0.05) is 67.5 Å². The third-order valence-corrected chi connectivity index (χ3v) is 8.62. The van der Waals surface area contributed by atoms with Crippen LogP contribution in [0.1, 0.15) is 87.8 Å². The van der Waals surface area contributed by atoms with Gasteiger partial charge in [-0.05, 0) is 49.4 Å². The van der Waals surface area contributed by atoms with Crippen LogP contribution in [-0.2, 0) is 10.4 Å². The Bertz CT molecular complexity index is 1290. The standard InChI is InChI=1S/C31H41N5O3/c1-6-7-27(37)36-14-12-23(13-15-36)29-33-28(34-39-29)24-16-26(18-32-17-24)31(38,30(4)19-35(5)20-30)25-10-8-22(9-11-25)21(2)3/h8-11,16-18,21,23,38H,6-7,12-15,19-20H2,1-5H3/t31-/m0/s1. The summed E-state index contributed by atoms with van der Waals surface area (Å²) >= 11 is 0. The van der Waals surface area contributed by atoms with Crippen LogP contribution in [0.2, 0.25) is 0 Å². The molecule has 4 heterocycles. The topological polar surface area (TPSA) is 95.6 Å². The molecular weight excluding hydrogens is 490 g/mol. The zero-order chi connectivity index (χ0) is 27.8. The number of benzene rings is 1. The molecule has 1 aromatic carbocycles. The Labute approximate surface area is 231 Å². The molecule has 0 spiro atoms. The van der Waals surface area contributed by atoms with Crippen LogP contribution in [0.3, 0.4) is 0 Å². The summed E-state index contributed by atoms with van der Waals surface area (Å²) in [5.41, 5.74) is 1.92. The number of hydrogen-bond acceptors (Lipinski definition) is 7. The maximum absolute atomic E-state index is 12.5. The van der Waals surface area contributed by atoms with Gasteiger partial charge >= 0.3 is 0 Å². The molecule has 1 amide bonds. The first-order valence-corrected chi connectivity index (χ1v) is 14.2. The van der Waals surface area contributed by atoms with Gasteiger partial charge in [-0.3, -0.25) is 9.78 Å². The fourth-order valence-corrected chi connectivity index (χ4v) is 6.37. The Morgan fingerprint density at radius 1 is 1.15 bits per heavy atom. The van der Waals surface area contributed by atoms with Gasteiger partial charge in [-0.15, -0.1) is 0 Å². The van der Waals surface area contributed by atoms with Gasteiger partial charge in [-0.2, -0.15) is 4.98 Å². The van der Waals surface area contributed by atoms with E-state index < -0.39 is 5.60 Å². The average Bonchev–Trinajstić information content (AvgIpc) is 3.43. The van der Waals surface area contributed by atoms with Crippen molar-refractivity contribution in [2.24, 2.45) is 5.41 Å². The number of likely N-dealkylation sites (tertiary alicyclic amines) is 2. The summed E-state index contributed by atoms with van der Waals surface area (Å²) in [6.45, 7) is 11.5. The van der Waals surface area contributed by atoms with Crippen molar-refractivity contribution in [1.29, 1.82) is 0 Å². The number of aliphatic hydroxyl groups is 1. The van der Waals surface area contributed by atoms with Gasteiger partial charge in [-0.1, -0.05) is 57.1 Å². The smallest absolute Gasteiger partial charge is 0.230 e. The molecule has 2 aliphatic heterocycles. The lowest BCUT2D eigenvalue weighted by Crippen LogP contribution is -2.63. The highest BCUT2D eigenvalue weighted by Gasteiger charge is 2.55. The minimum atomic E-state index is -1.23. The number of piperidine rings is 1. The van der Waals surface area contributed by atoms with E-state index in [0.717, 1.165) is 43.5 Å². The highest BCUT2D eigenvalue weighted by atomic mass is 16.5. The lowest BCUT2D eigenvalue weighted by atomic mass is 9.62. The number of nitrogens with zero attached hydrogens (tertiary/aromatic N) is 5. The number of aromatic nitrogens is 3. The molecule has 0 aliphatic carbocycles. The first-order valence-electron chi connectivity index (χ1n) is 14.2. The van der Waals surface area contributed by atoms with E-state index in [4.69, 9.17) is 9.51 Å². The Balaban J connectivity index is 1.41. The summed E-state index contributed by atoms with van der Waals surface area (Å²) in [6, 6.07) is 10.3. The Morgan fingerprint density at radius 3 is 2.46 bits per heavy atom. The monoisotopic (exact) mass is 531 g/mol. The third-order valence-electron chi connectivity index (χ3n) is 8.62. The van der Waals surface area contributed by atoms with Crippen molar-refractivity contribution in [3.05, 3.63) is 65.3 Å². The third kappa shape index (κ3) is 5.12. The summed E-state index contributed by atoms with van der Waals surface area (Å²) in [7, 11) is 2.07.